The summed E-state index contributed by atoms with van der Waals surface area (Å²) in [6, 6.07) is 11.4. The Balaban J connectivity index is 1.64. The number of halogens is 3. The molecule has 3 rings (SSSR count). The van der Waals surface area contributed by atoms with Crippen LogP contribution >= 0.6 is 39.1 Å². The zero-order chi connectivity index (χ0) is 18.7. The van der Waals surface area contributed by atoms with Crippen LogP contribution in [0.1, 0.15) is 24.0 Å². The second-order valence-electron chi connectivity index (χ2n) is 6.73. The number of hydrogen-bond donors (Lipinski definition) is 1. The lowest BCUT2D eigenvalue weighted by Gasteiger charge is -2.32. The Morgan fingerprint density at radius 1 is 1.27 bits per heavy atom. The lowest BCUT2D eigenvalue weighted by Crippen LogP contribution is -2.40. The fourth-order valence-corrected chi connectivity index (χ4v) is 4.05. The number of anilines is 1. The molecule has 3 nitrogen and oxygen atoms in total. The first-order valence-corrected chi connectivity index (χ1v) is 10.2. The van der Waals surface area contributed by atoms with Crippen LogP contribution in [0.15, 0.2) is 40.9 Å². The SMILES string of the molecule is Cc1cc(NC(=O)C2CCCN(Cc3c(Cl)cccc3Cl)C2)ccc1Br. The van der Waals surface area contributed by atoms with Gasteiger partial charge in [0.15, 0.2) is 0 Å². The Morgan fingerprint density at radius 3 is 2.69 bits per heavy atom. The summed E-state index contributed by atoms with van der Waals surface area (Å²) in [5.74, 6) is 0.0376. The Kier molecular flexibility index (Phi) is 6.62. The zero-order valence-corrected chi connectivity index (χ0v) is 17.7. The van der Waals surface area contributed by atoms with Crippen LogP contribution in [0.25, 0.3) is 0 Å². The molecule has 0 saturated carbocycles. The van der Waals surface area contributed by atoms with Crippen LogP contribution in [0.3, 0.4) is 0 Å². The molecule has 26 heavy (non-hydrogen) atoms. The number of benzene rings is 2. The predicted octanol–water partition coefficient (Wildman–Crippen LogP) is 5.92. The third-order valence-electron chi connectivity index (χ3n) is 4.75. The van der Waals surface area contributed by atoms with Crippen molar-refractivity contribution >= 4 is 50.7 Å². The van der Waals surface area contributed by atoms with Crippen molar-refractivity contribution < 1.29 is 4.79 Å². The van der Waals surface area contributed by atoms with Gasteiger partial charge in [-0.25, -0.2) is 0 Å². The van der Waals surface area contributed by atoms with Crippen molar-refractivity contribution in [1.82, 2.24) is 4.90 Å². The fraction of sp³-hybridized carbons (Fsp3) is 0.350. The van der Waals surface area contributed by atoms with Crippen LogP contribution in [0.2, 0.25) is 10.0 Å². The van der Waals surface area contributed by atoms with Crippen molar-refractivity contribution in [2.45, 2.75) is 26.3 Å². The lowest BCUT2D eigenvalue weighted by atomic mass is 9.96. The largest absolute Gasteiger partial charge is 0.326 e. The topological polar surface area (TPSA) is 32.3 Å². The summed E-state index contributed by atoms with van der Waals surface area (Å²) in [5, 5.41) is 4.40. The van der Waals surface area contributed by atoms with Crippen molar-refractivity contribution in [1.29, 1.82) is 0 Å². The minimum atomic E-state index is -0.0334. The normalized spacial score (nSPS) is 17.9. The van der Waals surface area contributed by atoms with Gasteiger partial charge in [0, 0.05) is 38.9 Å². The van der Waals surface area contributed by atoms with Gasteiger partial charge in [-0.05, 0) is 62.2 Å². The third kappa shape index (κ3) is 4.80. The number of nitrogens with zero attached hydrogens (tertiary/aromatic N) is 1. The average Bonchev–Trinajstić information content (AvgIpc) is 2.62. The van der Waals surface area contributed by atoms with Gasteiger partial charge >= 0.3 is 0 Å². The number of nitrogens with one attached hydrogen (secondary N) is 1. The van der Waals surface area contributed by atoms with Crippen LogP contribution < -0.4 is 5.32 Å². The van der Waals surface area contributed by atoms with Crippen molar-refractivity contribution in [3.8, 4) is 0 Å². The number of amides is 1. The van der Waals surface area contributed by atoms with E-state index in [0.29, 0.717) is 23.1 Å². The molecule has 1 fully saturated rings. The number of hydrogen-bond acceptors (Lipinski definition) is 2. The summed E-state index contributed by atoms with van der Waals surface area (Å²) in [5.41, 5.74) is 2.86. The maximum atomic E-state index is 12.7. The van der Waals surface area contributed by atoms with Gasteiger partial charge in [0.2, 0.25) is 5.91 Å². The van der Waals surface area contributed by atoms with E-state index in [0.717, 1.165) is 40.7 Å². The van der Waals surface area contributed by atoms with Crippen LogP contribution in [0, 0.1) is 12.8 Å². The van der Waals surface area contributed by atoms with Gasteiger partial charge in [0.1, 0.15) is 0 Å². The summed E-state index contributed by atoms with van der Waals surface area (Å²) < 4.78 is 1.04. The number of piperidine rings is 1. The average molecular weight is 456 g/mol. The molecule has 1 unspecified atom stereocenters. The van der Waals surface area contributed by atoms with Gasteiger partial charge in [-0.15, -0.1) is 0 Å². The quantitative estimate of drug-likeness (QED) is 0.620. The van der Waals surface area contributed by atoms with Crippen LogP contribution in [0.4, 0.5) is 5.69 Å². The van der Waals surface area contributed by atoms with Crippen LogP contribution in [-0.2, 0) is 11.3 Å². The number of carbonyl (C=O) groups excluding carboxylic acids is 1. The number of rotatable bonds is 4. The lowest BCUT2D eigenvalue weighted by molar-refractivity contribution is -0.121. The minimum Gasteiger partial charge on any atom is -0.326 e. The Bertz CT molecular complexity index is 792. The molecule has 2 aromatic carbocycles. The Hall–Kier alpha value is -1.07. The first-order valence-electron chi connectivity index (χ1n) is 8.66. The van der Waals surface area contributed by atoms with E-state index in [1.165, 1.54) is 0 Å². The van der Waals surface area contributed by atoms with Gasteiger partial charge in [-0.2, -0.15) is 0 Å². The van der Waals surface area contributed by atoms with E-state index in [1.54, 1.807) is 0 Å². The molecule has 1 aliphatic heterocycles. The first kappa shape index (κ1) is 19.7. The first-order chi connectivity index (χ1) is 12.4. The predicted molar refractivity (Wildman–Crippen MR) is 112 cm³/mol. The molecular formula is C20H21BrCl2N2O. The second-order valence-corrected chi connectivity index (χ2v) is 8.40. The molecule has 0 radical (unpaired) electrons. The van der Waals surface area contributed by atoms with E-state index in [9.17, 15) is 4.79 Å². The van der Waals surface area contributed by atoms with E-state index >= 15 is 0 Å². The monoisotopic (exact) mass is 454 g/mol. The fourth-order valence-electron chi connectivity index (χ4n) is 3.29. The number of carbonyl (C=O) groups is 1. The van der Waals surface area contributed by atoms with E-state index in [-0.39, 0.29) is 11.8 Å². The van der Waals surface area contributed by atoms with Crippen LogP contribution in [-0.4, -0.2) is 23.9 Å². The molecule has 0 spiro atoms. The van der Waals surface area contributed by atoms with Crippen molar-refractivity contribution in [2.24, 2.45) is 5.92 Å². The molecule has 0 bridgehead atoms. The number of likely N-dealkylation sites (tertiary alicyclic amines) is 1. The summed E-state index contributed by atoms with van der Waals surface area (Å²) in [6.45, 7) is 4.33. The van der Waals surface area contributed by atoms with Gasteiger partial charge in [0.25, 0.3) is 0 Å². The summed E-state index contributed by atoms with van der Waals surface area (Å²) in [6.07, 6.45) is 1.88. The zero-order valence-electron chi connectivity index (χ0n) is 14.6. The molecule has 1 saturated heterocycles. The molecule has 1 amide bonds. The molecule has 1 N–H and O–H groups in total. The third-order valence-corrected chi connectivity index (χ3v) is 6.34. The highest BCUT2D eigenvalue weighted by Gasteiger charge is 2.26. The maximum Gasteiger partial charge on any atom is 0.228 e. The summed E-state index contributed by atoms with van der Waals surface area (Å²) in [7, 11) is 0. The summed E-state index contributed by atoms with van der Waals surface area (Å²) in [4.78, 5) is 15.0. The second kappa shape index (κ2) is 8.75. The van der Waals surface area contributed by atoms with Crippen molar-refractivity contribution in [3.05, 3.63) is 62.0 Å². The molecule has 1 aliphatic rings. The van der Waals surface area contributed by atoms with E-state index in [1.807, 2.05) is 43.3 Å². The minimum absolute atomic E-state index is 0.0334. The molecule has 6 heteroatoms. The van der Waals surface area contributed by atoms with Gasteiger partial charge < -0.3 is 5.32 Å². The molecule has 138 valence electrons. The molecule has 0 aliphatic carbocycles. The van der Waals surface area contributed by atoms with E-state index in [4.69, 9.17) is 23.2 Å². The van der Waals surface area contributed by atoms with Crippen molar-refractivity contribution in [3.63, 3.8) is 0 Å². The van der Waals surface area contributed by atoms with E-state index in [2.05, 4.69) is 26.1 Å². The highest BCUT2D eigenvalue weighted by Crippen LogP contribution is 2.28. The highest BCUT2D eigenvalue weighted by atomic mass is 79.9. The Labute approximate surface area is 172 Å². The highest BCUT2D eigenvalue weighted by molar-refractivity contribution is 9.10. The van der Waals surface area contributed by atoms with Crippen LogP contribution in [0.5, 0.6) is 0 Å². The standard InChI is InChI=1S/C20H21BrCl2N2O/c1-13-10-15(7-8-17(13)21)24-20(26)14-4-3-9-25(11-14)12-16-18(22)5-2-6-19(16)23/h2,5-8,10,14H,3-4,9,11-12H2,1H3,(H,24,26). The summed E-state index contributed by atoms with van der Waals surface area (Å²) >= 11 is 16.1. The van der Waals surface area contributed by atoms with Gasteiger partial charge in [-0.3, -0.25) is 9.69 Å². The maximum absolute atomic E-state index is 12.7. The van der Waals surface area contributed by atoms with Gasteiger partial charge in [-0.1, -0.05) is 45.2 Å². The molecule has 0 aromatic heterocycles. The van der Waals surface area contributed by atoms with Crippen molar-refractivity contribution in [2.75, 3.05) is 18.4 Å². The van der Waals surface area contributed by atoms with E-state index < -0.39 is 0 Å². The molecule has 1 heterocycles. The smallest absolute Gasteiger partial charge is 0.228 e. The molecule has 1 atom stereocenters. The number of aryl methyl sites for hydroxylation is 1. The van der Waals surface area contributed by atoms with Gasteiger partial charge in [0.05, 0.1) is 5.92 Å². The Morgan fingerprint density at radius 2 is 2.00 bits per heavy atom. The molecule has 2 aromatic rings. The molecular weight excluding hydrogens is 435 g/mol.